The Bertz CT molecular complexity index is 681. The lowest BCUT2D eigenvalue weighted by molar-refractivity contribution is 0.102. The Labute approximate surface area is 144 Å². The van der Waals surface area contributed by atoms with E-state index in [1.807, 2.05) is 36.5 Å². The summed E-state index contributed by atoms with van der Waals surface area (Å²) in [6.45, 7) is 3.95. The molecule has 0 bridgehead atoms. The number of nitrogens with zero attached hydrogens (tertiary/aromatic N) is 3. The maximum absolute atomic E-state index is 12.4. The number of hydrogen-bond donors (Lipinski definition) is 1. The first-order valence-corrected chi connectivity index (χ1v) is 8.36. The number of anilines is 2. The van der Waals surface area contributed by atoms with Gasteiger partial charge in [0, 0.05) is 42.5 Å². The van der Waals surface area contributed by atoms with Crippen LogP contribution < -0.4 is 10.2 Å². The Morgan fingerprint density at radius 1 is 1.13 bits per heavy atom. The van der Waals surface area contributed by atoms with Gasteiger partial charge >= 0.3 is 0 Å². The summed E-state index contributed by atoms with van der Waals surface area (Å²) < 4.78 is 0.981. The number of amides is 1. The van der Waals surface area contributed by atoms with Crippen molar-refractivity contribution >= 4 is 33.2 Å². The number of aromatic nitrogens is 1. The standard InChI is InChI=1S/C17H19BrN4O/c1-21-6-8-22(9-7-21)16-10-13(11-19-12-16)17(23)20-15-4-2-14(18)3-5-15/h2-5,10-12H,6-9H2,1H3,(H,20,23). The summed E-state index contributed by atoms with van der Waals surface area (Å²) in [5, 5.41) is 2.90. The van der Waals surface area contributed by atoms with Gasteiger partial charge in [-0.25, -0.2) is 0 Å². The van der Waals surface area contributed by atoms with E-state index in [4.69, 9.17) is 0 Å². The van der Waals surface area contributed by atoms with E-state index in [1.54, 1.807) is 6.20 Å². The molecule has 1 aromatic heterocycles. The first-order valence-electron chi connectivity index (χ1n) is 7.57. The lowest BCUT2D eigenvalue weighted by Crippen LogP contribution is -2.44. The van der Waals surface area contributed by atoms with Crippen LogP contribution in [0.3, 0.4) is 0 Å². The average Bonchev–Trinajstić information content (AvgIpc) is 2.58. The molecular formula is C17H19BrN4O. The van der Waals surface area contributed by atoms with Gasteiger partial charge in [-0.2, -0.15) is 0 Å². The number of benzene rings is 1. The molecule has 0 unspecified atom stereocenters. The summed E-state index contributed by atoms with van der Waals surface area (Å²) in [5.41, 5.74) is 2.34. The van der Waals surface area contributed by atoms with E-state index in [0.717, 1.165) is 42.0 Å². The summed E-state index contributed by atoms with van der Waals surface area (Å²) >= 11 is 3.38. The fourth-order valence-electron chi connectivity index (χ4n) is 2.53. The van der Waals surface area contributed by atoms with Gasteiger partial charge in [-0.3, -0.25) is 9.78 Å². The second kappa shape index (κ2) is 7.10. The largest absolute Gasteiger partial charge is 0.368 e. The molecule has 6 heteroatoms. The summed E-state index contributed by atoms with van der Waals surface area (Å²) in [6, 6.07) is 9.43. The molecule has 0 spiro atoms. The molecule has 1 saturated heterocycles. The first-order chi connectivity index (χ1) is 11.1. The van der Waals surface area contributed by atoms with Crippen molar-refractivity contribution in [3.8, 4) is 0 Å². The fourth-order valence-corrected chi connectivity index (χ4v) is 2.79. The Morgan fingerprint density at radius 2 is 1.83 bits per heavy atom. The average molecular weight is 375 g/mol. The van der Waals surface area contributed by atoms with Crippen LogP contribution in [0.4, 0.5) is 11.4 Å². The molecule has 1 N–H and O–H groups in total. The molecule has 1 aliphatic heterocycles. The minimum absolute atomic E-state index is 0.143. The third kappa shape index (κ3) is 4.09. The first kappa shape index (κ1) is 16.0. The van der Waals surface area contributed by atoms with Crippen LogP contribution in [-0.4, -0.2) is 49.0 Å². The minimum atomic E-state index is -0.143. The van der Waals surface area contributed by atoms with Crippen LogP contribution in [0.2, 0.25) is 0 Å². The lowest BCUT2D eigenvalue weighted by atomic mass is 10.2. The molecule has 5 nitrogen and oxygen atoms in total. The monoisotopic (exact) mass is 374 g/mol. The number of halogens is 1. The lowest BCUT2D eigenvalue weighted by Gasteiger charge is -2.33. The zero-order valence-electron chi connectivity index (χ0n) is 13.0. The second-order valence-electron chi connectivity index (χ2n) is 5.68. The molecule has 1 fully saturated rings. The topological polar surface area (TPSA) is 48.5 Å². The van der Waals surface area contributed by atoms with Crippen molar-refractivity contribution in [2.75, 3.05) is 43.4 Å². The second-order valence-corrected chi connectivity index (χ2v) is 6.60. The molecule has 1 amide bonds. The molecule has 1 aliphatic rings. The van der Waals surface area contributed by atoms with Crippen LogP contribution in [0.25, 0.3) is 0 Å². The van der Waals surface area contributed by atoms with Gasteiger partial charge in [0.1, 0.15) is 0 Å². The van der Waals surface area contributed by atoms with Gasteiger partial charge in [-0.1, -0.05) is 15.9 Å². The van der Waals surface area contributed by atoms with Crippen molar-refractivity contribution in [1.82, 2.24) is 9.88 Å². The maximum atomic E-state index is 12.4. The van der Waals surface area contributed by atoms with Gasteiger partial charge in [-0.15, -0.1) is 0 Å². The normalized spacial score (nSPS) is 15.5. The predicted octanol–water partition coefficient (Wildman–Crippen LogP) is 2.85. The molecule has 23 heavy (non-hydrogen) atoms. The molecule has 0 atom stereocenters. The SMILES string of the molecule is CN1CCN(c2cncc(C(=O)Nc3ccc(Br)cc3)c2)CC1. The molecule has 3 rings (SSSR count). The number of nitrogens with one attached hydrogen (secondary N) is 1. The van der Waals surface area contributed by atoms with Crippen LogP contribution in [0, 0.1) is 0 Å². The highest BCUT2D eigenvalue weighted by molar-refractivity contribution is 9.10. The van der Waals surface area contributed by atoms with Crippen LogP contribution >= 0.6 is 15.9 Å². The van der Waals surface area contributed by atoms with E-state index in [9.17, 15) is 4.79 Å². The van der Waals surface area contributed by atoms with Gasteiger partial charge in [0.2, 0.25) is 0 Å². The highest BCUT2D eigenvalue weighted by atomic mass is 79.9. The van der Waals surface area contributed by atoms with Crippen molar-refractivity contribution in [2.24, 2.45) is 0 Å². The zero-order chi connectivity index (χ0) is 16.2. The highest BCUT2D eigenvalue weighted by Crippen LogP contribution is 2.18. The Morgan fingerprint density at radius 3 is 2.52 bits per heavy atom. The van der Waals surface area contributed by atoms with E-state index in [2.05, 4.69) is 43.1 Å². The van der Waals surface area contributed by atoms with Crippen molar-refractivity contribution in [1.29, 1.82) is 0 Å². The van der Waals surface area contributed by atoms with Gasteiger partial charge in [0.25, 0.3) is 5.91 Å². The molecule has 120 valence electrons. The Balaban J connectivity index is 1.71. The molecule has 2 aromatic rings. The third-order valence-corrected chi connectivity index (χ3v) is 4.49. The molecule has 0 saturated carbocycles. The predicted molar refractivity (Wildman–Crippen MR) is 96.0 cm³/mol. The number of carbonyl (C=O) groups excluding carboxylic acids is 1. The number of rotatable bonds is 3. The number of carbonyl (C=O) groups is 1. The maximum Gasteiger partial charge on any atom is 0.257 e. The molecular weight excluding hydrogens is 356 g/mol. The minimum Gasteiger partial charge on any atom is -0.368 e. The Kier molecular flexibility index (Phi) is 4.93. The molecule has 0 aliphatic carbocycles. The van der Waals surface area contributed by atoms with E-state index in [1.165, 1.54) is 0 Å². The van der Waals surface area contributed by atoms with Crippen LogP contribution in [0.1, 0.15) is 10.4 Å². The summed E-state index contributed by atoms with van der Waals surface area (Å²) in [4.78, 5) is 21.2. The number of hydrogen-bond acceptors (Lipinski definition) is 4. The summed E-state index contributed by atoms with van der Waals surface area (Å²) in [6.07, 6.45) is 3.43. The van der Waals surface area contributed by atoms with Gasteiger partial charge < -0.3 is 15.1 Å². The molecule has 0 radical (unpaired) electrons. The smallest absolute Gasteiger partial charge is 0.257 e. The van der Waals surface area contributed by atoms with E-state index >= 15 is 0 Å². The van der Waals surface area contributed by atoms with E-state index < -0.39 is 0 Å². The van der Waals surface area contributed by atoms with Crippen molar-refractivity contribution in [2.45, 2.75) is 0 Å². The van der Waals surface area contributed by atoms with Crippen LogP contribution in [0.5, 0.6) is 0 Å². The highest BCUT2D eigenvalue weighted by Gasteiger charge is 2.16. The quantitative estimate of drug-likeness (QED) is 0.897. The fraction of sp³-hybridized carbons (Fsp3) is 0.294. The summed E-state index contributed by atoms with van der Waals surface area (Å²) in [7, 11) is 2.12. The van der Waals surface area contributed by atoms with Crippen molar-refractivity contribution in [3.05, 3.63) is 52.8 Å². The van der Waals surface area contributed by atoms with E-state index in [-0.39, 0.29) is 5.91 Å². The van der Waals surface area contributed by atoms with Gasteiger partial charge in [0.15, 0.2) is 0 Å². The van der Waals surface area contributed by atoms with E-state index in [0.29, 0.717) is 5.56 Å². The Hall–Kier alpha value is -1.92. The van der Waals surface area contributed by atoms with Crippen LogP contribution in [-0.2, 0) is 0 Å². The van der Waals surface area contributed by atoms with Crippen molar-refractivity contribution in [3.63, 3.8) is 0 Å². The van der Waals surface area contributed by atoms with Gasteiger partial charge in [-0.05, 0) is 37.4 Å². The molecule has 2 heterocycles. The number of likely N-dealkylation sites (N-methyl/N-ethyl adjacent to an activating group) is 1. The zero-order valence-corrected chi connectivity index (χ0v) is 14.6. The van der Waals surface area contributed by atoms with Gasteiger partial charge in [0.05, 0.1) is 17.4 Å². The molecule has 1 aromatic carbocycles. The van der Waals surface area contributed by atoms with Crippen molar-refractivity contribution < 1.29 is 4.79 Å². The third-order valence-electron chi connectivity index (χ3n) is 3.96. The summed E-state index contributed by atoms with van der Waals surface area (Å²) in [5.74, 6) is -0.143. The van der Waals surface area contributed by atoms with Crippen LogP contribution in [0.15, 0.2) is 47.2 Å². The number of piperazine rings is 1. The number of pyridine rings is 1.